The van der Waals surface area contributed by atoms with Gasteiger partial charge >= 0.3 is 0 Å². The molecule has 0 unspecified atom stereocenters. The normalized spacial score (nSPS) is 12.6. The van der Waals surface area contributed by atoms with Gasteiger partial charge in [-0.05, 0) is 24.6 Å². The van der Waals surface area contributed by atoms with Crippen LogP contribution in [0.4, 0.5) is 5.69 Å². The van der Waals surface area contributed by atoms with Crippen LogP contribution in [0, 0.1) is 0 Å². The van der Waals surface area contributed by atoms with Crippen molar-refractivity contribution in [1.29, 1.82) is 0 Å². The SMILES string of the molecule is C[C@H](O)c1ccc(O)c(N(O)O)c1. The van der Waals surface area contributed by atoms with Gasteiger partial charge in [-0.2, -0.15) is 0 Å². The molecule has 5 heteroatoms. The average Bonchev–Trinajstić information content (AvgIpc) is 2.04. The molecule has 72 valence electrons. The number of benzene rings is 1. The van der Waals surface area contributed by atoms with Gasteiger partial charge in [-0.25, -0.2) is 0 Å². The van der Waals surface area contributed by atoms with Gasteiger partial charge in [0.25, 0.3) is 0 Å². The largest absolute Gasteiger partial charge is 0.506 e. The third-order valence-corrected chi connectivity index (χ3v) is 1.70. The zero-order chi connectivity index (χ0) is 10.0. The number of aliphatic hydroxyl groups excluding tert-OH is 1. The lowest BCUT2D eigenvalue weighted by molar-refractivity contribution is 0.0278. The molecule has 0 aliphatic heterocycles. The van der Waals surface area contributed by atoms with Crippen LogP contribution in [0.15, 0.2) is 18.2 Å². The van der Waals surface area contributed by atoms with Gasteiger partial charge in [0.1, 0.15) is 11.4 Å². The van der Waals surface area contributed by atoms with Crippen LogP contribution in [-0.2, 0) is 0 Å². The molecule has 0 fully saturated rings. The van der Waals surface area contributed by atoms with Crippen LogP contribution in [0.3, 0.4) is 0 Å². The summed E-state index contributed by atoms with van der Waals surface area (Å²) < 4.78 is 0. The first kappa shape index (κ1) is 9.79. The Bertz CT molecular complexity index is 298. The van der Waals surface area contributed by atoms with Crippen molar-refractivity contribution >= 4 is 5.69 Å². The number of rotatable bonds is 2. The van der Waals surface area contributed by atoms with Gasteiger partial charge in [0, 0.05) is 0 Å². The smallest absolute Gasteiger partial charge is 0.143 e. The van der Waals surface area contributed by atoms with Crippen molar-refractivity contribution in [1.82, 2.24) is 0 Å². The van der Waals surface area contributed by atoms with E-state index < -0.39 is 6.10 Å². The van der Waals surface area contributed by atoms with Crippen molar-refractivity contribution in [3.8, 4) is 5.75 Å². The van der Waals surface area contributed by atoms with E-state index >= 15 is 0 Å². The van der Waals surface area contributed by atoms with Crippen LogP contribution < -0.4 is 5.23 Å². The van der Waals surface area contributed by atoms with Crippen molar-refractivity contribution in [2.24, 2.45) is 0 Å². The van der Waals surface area contributed by atoms with Crippen LogP contribution in [0.25, 0.3) is 0 Å². The van der Waals surface area contributed by atoms with Gasteiger partial charge in [0.15, 0.2) is 0 Å². The molecule has 1 aromatic carbocycles. The Kier molecular flexibility index (Phi) is 2.72. The number of aromatic hydroxyl groups is 1. The van der Waals surface area contributed by atoms with Gasteiger partial charge in [-0.1, -0.05) is 6.07 Å². The third kappa shape index (κ3) is 2.09. The number of phenolic OH excluding ortho intramolecular Hbond substituents is 1. The van der Waals surface area contributed by atoms with Crippen LogP contribution in [0.1, 0.15) is 18.6 Å². The molecule has 5 nitrogen and oxygen atoms in total. The number of aliphatic hydroxyl groups is 1. The zero-order valence-corrected chi connectivity index (χ0v) is 7.05. The minimum Gasteiger partial charge on any atom is -0.506 e. The summed E-state index contributed by atoms with van der Waals surface area (Å²) in [5.41, 5.74) is 0.319. The number of nitrogens with zero attached hydrogens (tertiary/aromatic N) is 1. The molecule has 13 heavy (non-hydrogen) atoms. The summed E-state index contributed by atoms with van der Waals surface area (Å²) in [5, 5.41) is 35.4. The fourth-order valence-corrected chi connectivity index (χ4v) is 0.961. The van der Waals surface area contributed by atoms with Crippen molar-refractivity contribution in [3.05, 3.63) is 23.8 Å². The Morgan fingerprint density at radius 1 is 1.31 bits per heavy atom. The topological polar surface area (TPSA) is 84.2 Å². The molecule has 0 aromatic heterocycles. The van der Waals surface area contributed by atoms with Crippen molar-refractivity contribution in [3.63, 3.8) is 0 Å². The van der Waals surface area contributed by atoms with E-state index in [0.29, 0.717) is 5.56 Å². The first-order valence-corrected chi connectivity index (χ1v) is 3.71. The lowest BCUT2D eigenvalue weighted by Crippen LogP contribution is -2.11. The number of anilines is 1. The minimum atomic E-state index is -0.723. The molecule has 0 radical (unpaired) electrons. The van der Waals surface area contributed by atoms with Gasteiger partial charge in [0.2, 0.25) is 0 Å². The molecule has 0 saturated carbocycles. The van der Waals surface area contributed by atoms with E-state index in [1.807, 2.05) is 0 Å². The quantitative estimate of drug-likeness (QED) is 0.517. The average molecular weight is 185 g/mol. The van der Waals surface area contributed by atoms with Gasteiger partial charge in [-0.15, -0.1) is 5.23 Å². The fourth-order valence-electron chi connectivity index (χ4n) is 0.961. The van der Waals surface area contributed by atoms with E-state index in [0.717, 1.165) is 0 Å². The molecule has 0 bridgehead atoms. The Morgan fingerprint density at radius 2 is 1.92 bits per heavy atom. The first-order valence-electron chi connectivity index (χ1n) is 3.71. The van der Waals surface area contributed by atoms with Crippen molar-refractivity contribution in [2.45, 2.75) is 13.0 Å². The molecule has 0 saturated heterocycles. The van der Waals surface area contributed by atoms with Crippen molar-refractivity contribution < 1.29 is 20.6 Å². The highest BCUT2D eigenvalue weighted by molar-refractivity contribution is 5.56. The number of phenols is 1. The molecular formula is C8H11NO4. The van der Waals surface area contributed by atoms with Gasteiger partial charge in [-0.3, -0.25) is 10.4 Å². The van der Waals surface area contributed by atoms with E-state index in [-0.39, 0.29) is 16.7 Å². The van der Waals surface area contributed by atoms with Crippen LogP contribution in [0.5, 0.6) is 5.75 Å². The van der Waals surface area contributed by atoms with Crippen molar-refractivity contribution in [2.75, 3.05) is 5.23 Å². The molecule has 0 heterocycles. The van der Waals surface area contributed by atoms with E-state index in [1.165, 1.54) is 25.1 Å². The number of hydrogen-bond donors (Lipinski definition) is 4. The molecule has 1 atom stereocenters. The zero-order valence-electron chi connectivity index (χ0n) is 7.05. The highest BCUT2D eigenvalue weighted by Gasteiger charge is 2.09. The number of hydrogen-bond acceptors (Lipinski definition) is 5. The monoisotopic (exact) mass is 185 g/mol. The highest BCUT2D eigenvalue weighted by atomic mass is 16.8. The second-order valence-corrected chi connectivity index (χ2v) is 2.71. The van der Waals surface area contributed by atoms with E-state index in [4.69, 9.17) is 20.6 Å². The minimum absolute atomic E-state index is 0.168. The first-order chi connectivity index (χ1) is 6.02. The van der Waals surface area contributed by atoms with Gasteiger partial charge in [0.05, 0.1) is 6.10 Å². The second kappa shape index (κ2) is 3.61. The Labute approximate surface area is 75.0 Å². The van der Waals surface area contributed by atoms with E-state index in [1.54, 1.807) is 0 Å². The molecule has 1 rings (SSSR count). The second-order valence-electron chi connectivity index (χ2n) is 2.71. The molecule has 4 N–H and O–H groups in total. The summed E-state index contributed by atoms with van der Waals surface area (Å²) in [4.78, 5) is 0. The molecule has 0 amide bonds. The maximum atomic E-state index is 9.16. The van der Waals surface area contributed by atoms with E-state index in [2.05, 4.69) is 0 Å². The Morgan fingerprint density at radius 3 is 2.38 bits per heavy atom. The Balaban J connectivity index is 3.11. The summed E-state index contributed by atoms with van der Waals surface area (Å²) in [6, 6.07) is 4.05. The molecular weight excluding hydrogens is 174 g/mol. The van der Waals surface area contributed by atoms with Gasteiger partial charge < -0.3 is 10.2 Å². The lowest BCUT2D eigenvalue weighted by atomic mass is 10.1. The predicted molar refractivity (Wildman–Crippen MR) is 44.8 cm³/mol. The molecule has 0 spiro atoms. The standard InChI is InChI=1S/C8H11NO4/c1-5(10)6-2-3-8(11)7(4-6)9(12)13/h2-5,10-13H,1H3/t5-/m0/s1. The van der Waals surface area contributed by atoms with Crippen LogP contribution in [-0.4, -0.2) is 20.6 Å². The summed E-state index contributed by atoms with van der Waals surface area (Å²) in [6.45, 7) is 1.54. The summed E-state index contributed by atoms with van der Waals surface area (Å²) in [5.74, 6) is -0.269. The molecule has 0 aliphatic rings. The van der Waals surface area contributed by atoms with Crippen LogP contribution >= 0.6 is 0 Å². The third-order valence-electron chi connectivity index (χ3n) is 1.70. The predicted octanol–water partition coefficient (Wildman–Crippen LogP) is 1.03. The highest BCUT2D eigenvalue weighted by Crippen LogP contribution is 2.28. The summed E-state index contributed by atoms with van der Waals surface area (Å²) in [7, 11) is 0. The Hall–Kier alpha value is -1.30. The summed E-state index contributed by atoms with van der Waals surface area (Å²) >= 11 is 0. The molecule has 0 aliphatic carbocycles. The maximum absolute atomic E-state index is 9.16. The van der Waals surface area contributed by atoms with Crippen LogP contribution in [0.2, 0.25) is 0 Å². The maximum Gasteiger partial charge on any atom is 0.143 e. The summed E-state index contributed by atoms with van der Waals surface area (Å²) in [6.07, 6.45) is -0.723. The fraction of sp³-hybridized carbons (Fsp3) is 0.250. The molecule has 1 aromatic rings. The van der Waals surface area contributed by atoms with E-state index in [9.17, 15) is 0 Å². The lowest BCUT2D eigenvalue weighted by Gasteiger charge is -2.12.